The average Bonchev–Trinajstić information content (AvgIpc) is 2.84. The predicted octanol–water partition coefficient (Wildman–Crippen LogP) is 4.18. The summed E-state index contributed by atoms with van der Waals surface area (Å²) >= 11 is 1.39. The summed E-state index contributed by atoms with van der Waals surface area (Å²) in [6.07, 6.45) is 4.51. The molecule has 1 unspecified atom stereocenters. The summed E-state index contributed by atoms with van der Waals surface area (Å²) in [6, 6.07) is 12.7. The van der Waals surface area contributed by atoms with E-state index in [4.69, 9.17) is 4.74 Å². The van der Waals surface area contributed by atoms with Crippen LogP contribution < -0.4 is 9.62 Å². The number of nitrogens with zero attached hydrogens (tertiary/aromatic N) is 1. The Hall–Kier alpha value is -2.03. The Bertz CT molecular complexity index is 978. The van der Waals surface area contributed by atoms with Gasteiger partial charge < -0.3 is 9.64 Å². The van der Waals surface area contributed by atoms with Gasteiger partial charge in [0.25, 0.3) is 0 Å². The molecule has 1 aliphatic heterocycles. The van der Waals surface area contributed by atoms with E-state index >= 15 is 0 Å². The van der Waals surface area contributed by atoms with E-state index in [1.54, 1.807) is 6.07 Å². The Kier molecular flexibility index (Phi) is 6.87. The normalized spacial score (nSPS) is 18.0. The molecule has 0 spiro atoms. The Labute approximate surface area is 176 Å². The van der Waals surface area contributed by atoms with Crippen LogP contribution in [0.2, 0.25) is 0 Å². The summed E-state index contributed by atoms with van der Waals surface area (Å²) in [5, 5.41) is 0. The van der Waals surface area contributed by atoms with Crippen LogP contribution in [0, 0.1) is 0 Å². The third kappa shape index (κ3) is 4.60. The maximum Gasteiger partial charge on any atom is 0.339 e. The summed E-state index contributed by atoms with van der Waals surface area (Å²) in [4.78, 5) is 15.1. The van der Waals surface area contributed by atoms with Gasteiger partial charge in [0.15, 0.2) is 0 Å². The molecule has 0 aliphatic carbocycles. The molecule has 0 saturated carbocycles. The fourth-order valence-electron chi connectivity index (χ4n) is 3.51. The van der Waals surface area contributed by atoms with Gasteiger partial charge in [0, 0.05) is 23.2 Å². The molecule has 0 bridgehead atoms. The van der Waals surface area contributed by atoms with Crippen molar-refractivity contribution in [3.8, 4) is 0 Å². The number of esters is 1. The number of hydrogen-bond donors (Lipinski definition) is 1. The molecule has 1 aliphatic rings. The minimum absolute atomic E-state index is 0.0959. The van der Waals surface area contributed by atoms with Crippen LogP contribution in [-0.4, -0.2) is 40.3 Å². The predicted molar refractivity (Wildman–Crippen MR) is 117 cm³/mol. The lowest BCUT2D eigenvalue weighted by atomic mass is 10.1. The van der Waals surface area contributed by atoms with Crippen LogP contribution in [0.4, 0.5) is 11.4 Å². The van der Waals surface area contributed by atoms with E-state index in [9.17, 15) is 13.2 Å². The highest BCUT2D eigenvalue weighted by molar-refractivity contribution is 7.98. The van der Waals surface area contributed by atoms with E-state index in [1.165, 1.54) is 24.9 Å². The highest BCUT2D eigenvalue weighted by Crippen LogP contribution is 2.39. The largest absolute Gasteiger partial charge is 0.465 e. The maximum absolute atomic E-state index is 13.2. The number of nitrogens with one attached hydrogen (secondary N) is 1. The number of thioether (sulfide) groups is 1. The molecule has 29 heavy (non-hydrogen) atoms. The molecule has 6 nitrogen and oxygen atoms in total. The molecular weight excluding hydrogens is 408 g/mol. The van der Waals surface area contributed by atoms with E-state index in [2.05, 4.69) is 11.6 Å². The SMILES string of the molecule is CCCCC1CN(c2ccccc2)c2cc(SC)c(C(=O)OC)cc2S(=O)(=O)N1. The lowest BCUT2D eigenvalue weighted by molar-refractivity contribution is 0.0596. The highest BCUT2D eigenvalue weighted by atomic mass is 32.2. The van der Waals surface area contributed by atoms with Gasteiger partial charge in [-0.1, -0.05) is 38.0 Å². The fraction of sp³-hybridized carbons (Fsp3) is 0.381. The van der Waals surface area contributed by atoms with Gasteiger partial charge in [0.2, 0.25) is 10.0 Å². The van der Waals surface area contributed by atoms with Gasteiger partial charge in [-0.3, -0.25) is 0 Å². The van der Waals surface area contributed by atoms with Gasteiger partial charge in [-0.2, -0.15) is 0 Å². The van der Waals surface area contributed by atoms with Gasteiger partial charge in [-0.25, -0.2) is 17.9 Å². The molecule has 156 valence electrons. The first-order chi connectivity index (χ1) is 13.9. The van der Waals surface area contributed by atoms with E-state index in [0.717, 1.165) is 24.9 Å². The third-order valence-electron chi connectivity index (χ3n) is 4.97. The summed E-state index contributed by atoms with van der Waals surface area (Å²) in [5.41, 5.74) is 1.73. The minimum Gasteiger partial charge on any atom is -0.465 e. The molecule has 1 N–H and O–H groups in total. The first kappa shape index (κ1) is 21.7. The van der Waals surface area contributed by atoms with Crippen molar-refractivity contribution < 1.29 is 17.9 Å². The average molecular weight is 435 g/mol. The van der Waals surface area contributed by atoms with Crippen molar-refractivity contribution >= 4 is 39.1 Å². The topological polar surface area (TPSA) is 75.7 Å². The molecule has 1 heterocycles. The molecule has 2 aromatic rings. The Morgan fingerprint density at radius 2 is 2.00 bits per heavy atom. The van der Waals surface area contributed by atoms with Gasteiger partial charge in [-0.05, 0) is 36.9 Å². The lowest BCUT2D eigenvalue weighted by Gasteiger charge is -2.27. The number of hydrogen-bond acceptors (Lipinski definition) is 6. The number of anilines is 2. The first-order valence-electron chi connectivity index (χ1n) is 9.56. The van der Waals surface area contributed by atoms with Crippen molar-refractivity contribution in [3.63, 3.8) is 0 Å². The molecule has 2 aromatic carbocycles. The number of sulfonamides is 1. The zero-order valence-corrected chi connectivity index (χ0v) is 18.5. The smallest absolute Gasteiger partial charge is 0.339 e. The Morgan fingerprint density at radius 3 is 2.62 bits per heavy atom. The van der Waals surface area contributed by atoms with Crippen LogP contribution in [-0.2, 0) is 14.8 Å². The van der Waals surface area contributed by atoms with E-state index in [1.807, 2.05) is 41.5 Å². The van der Waals surface area contributed by atoms with Crippen LogP contribution in [0.3, 0.4) is 0 Å². The number of benzene rings is 2. The monoisotopic (exact) mass is 434 g/mol. The second kappa shape index (κ2) is 9.19. The number of ether oxygens (including phenoxy) is 1. The Balaban J connectivity index is 2.22. The number of unbranched alkanes of at least 4 members (excludes halogenated alkanes) is 1. The number of carbonyl (C=O) groups excluding carboxylic acids is 1. The van der Waals surface area contributed by atoms with Gasteiger partial charge in [-0.15, -0.1) is 11.8 Å². The van der Waals surface area contributed by atoms with Crippen molar-refractivity contribution in [2.45, 2.75) is 42.0 Å². The molecule has 1 atom stereocenters. The van der Waals surface area contributed by atoms with Crippen LogP contribution in [0.25, 0.3) is 0 Å². The molecule has 8 heteroatoms. The van der Waals surface area contributed by atoms with Gasteiger partial charge in [0.05, 0.1) is 18.4 Å². The van der Waals surface area contributed by atoms with Crippen LogP contribution in [0.5, 0.6) is 0 Å². The zero-order chi connectivity index (χ0) is 21.0. The van der Waals surface area contributed by atoms with Crippen LogP contribution in [0.15, 0.2) is 52.3 Å². The molecule has 0 amide bonds. The molecule has 3 rings (SSSR count). The van der Waals surface area contributed by atoms with Gasteiger partial charge in [0.1, 0.15) is 4.90 Å². The van der Waals surface area contributed by atoms with Crippen molar-refractivity contribution in [1.82, 2.24) is 4.72 Å². The third-order valence-corrected chi connectivity index (χ3v) is 7.29. The molecule has 0 saturated heterocycles. The number of methoxy groups -OCH3 is 1. The quantitative estimate of drug-likeness (QED) is 0.543. The fourth-order valence-corrected chi connectivity index (χ4v) is 5.57. The summed E-state index contributed by atoms with van der Waals surface area (Å²) < 4.78 is 34.1. The lowest BCUT2D eigenvalue weighted by Crippen LogP contribution is -2.39. The van der Waals surface area contributed by atoms with Crippen LogP contribution >= 0.6 is 11.8 Å². The standard InChI is InChI=1S/C21H26N2O4S2/c1-4-5-9-15-14-23(16-10-7-6-8-11-16)18-13-19(28-3)17(21(24)27-2)12-20(18)29(25,26)22-15/h6-8,10-13,15,22H,4-5,9,14H2,1-3H3. The second-order valence-corrected chi connectivity index (χ2v) is 9.45. The number of para-hydroxylation sites is 1. The first-order valence-corrected chi connectivity index (χ1v) is 12.3. The molecule has 0 fully saturated rings. The van der Waals surface area contributed by atoms with Crippen molar-refractivity contribution in [2.75, 3.05) is 24.8 Å². The van der Waals surface area contributed by atoms with Crippen molar-refractivity contribution in [3.05, 3.63) is 48.0 Å². The maximum atomic E-state index is 13.2. The Morgan fingerprint density at radius 1 is 1.28 bits per heavy atom. The molecule has 0 aromatic heterocycles. The second-order valence-electron chi connectivity index (χ2n) is 6.92. The van der Waals surface area contributed by atoms with Crippen LogP contribution in [0.1, 0.15) is 36.5 Å². The summed E-state index contributed by atoms with van der Waals surface area (Å²) in [7, 11) is -2.50. The van der Waals surface area contributed by atoms with Gasteiger partial charge >= 0.3 is 5.97 Å². The van der Waals surface area contributed by atoms with E-state index in [-0.39, 0.29) is 16.5 Å². The number of rotatable bonds is 6. The molecular formula is C21H26N2O4S2. The number of fused-ring (bicyclic) bond motifs is 1. The zero-order valence-electron chi connectivity index (χ0n) is 16.8. The van der Waals surface area contributed by atoms with Crippen molar-refractivity contribution in [2.24, 2.45) is 0 Å². The van der Waals surface area contributed by atoms with Crippen molar-refractivity contribution in [1.29, 1.82) is 0 Å². The molecule has 0 radical (unpaired) electrons. The summed E-state index contributed by atoms with van der Waals surface area (Å²) in [6.45, 7) is 2.60. The van der Waals surface area contributed by atoms with E-state index in [0.29, 0.717) is 17.1 Å². The minimum atomic E-state index is -3.80. The number of carbonyl (C=O) groups is 1. The highest BCUT2D eigenvalue weighted by Gasteiger charge is 2.33. The summed E-state index contributed by atoms with van der Waals surface area (Å²) in [5.74, 6) is -0.551. The van der Waals surface area contributed by atoms with E-state index < -0.39 is 16.0 Å².